The van der Waals surface area contributed by atoms with Crippen LogP contribution in [-0.2, 0) is 4.74 Å². The number of azo groups is 1. The molecule has 0 saturated carbocycles. The first-order chi connectivity index (χ1) is 12.7. The summed E-state index contributed by atoms with van der Waals surface area (Å²) in [4.78, 5) is 0.707. The summed E-state index contributed by atoms with van der Waals surface area (Å²) in [6, 6.07) is 9.31. The van der Waals surface area contributed by atoms with E-state index in [0.717, 1.165) is 38.7 Å². The number of hydroxylamine groups is 1. The Hall–Kier alpha value is -1.94. The lowest BCUT2D eigenvalue weighted by Crippen LogP contribution is -2.32. The van der Waals surface area contributed by atoms with E-state index in [1.165, 1.54) is 19.3 Å². The van der Waals surface area contributed by atoms with Crippen molar-refractivity contribution in [2.45, 2.75) is 70.8 Å². The Morgan fingerprint density at radius 3 is 2.50 bits per heavy atom. The van der Waals surface area contributed by atoms with Gasteiger partial charge in [-0.3, -0.25) is 0 Å². The van der Waals surface area contributed by atoms with Gasteiger partial charge in [0.25, 0.3) is 0 Å². The van der Waals surface area contributed by atoms with Gasteiger partial charge in [-0.05, 0) is 37.1 Å². The van der Waals surface area contributed by atoms with E-state index in [1.807, 2.05) is 42.5 Å². The Kier molecular flexibility index (Phi) is 8.56. The summed E-state index contributed by atoms with van der Waals surface area (Å²) in [7, 11) is 0. The van der Waals surface area contributed by atoms with Gasteiger partial charge in [0.2, 0.25) is 5.70 Å². The number of benzene rings is 1. The van der Waals surface area contributed by atoms with Gasteiger partial charge < -0.3 is 9.94 Å². The fourth-order valence-corrected chi connectivity index (χ4v) is 3.09. The van der Waals surface area contributed by atoms with E-state index in [1.54, 1.807) is 0 Å². The van der Waals surface area contributed by atoms with E-state index in [4.69, 9.17) is 4.74 Å². The third kappa shape index (κ3) is 6.41. The van der Waals surface area contributed by atoms with Crippen molar-refractivity contribution in [3.05, 3.63) is 59.5 Å². The van der Waals surface area contributed by atoms with Crippen LogP contribution < -0.4 is 0 Å². The molecule has 142 valence electrons. The summed E-state index contributed by atoms with van der Waals surface area (Å²) >= 11 is 0. The van der Waals surface area contributed by atoms with Crippen LogP contribution in [0.3, 0.4) is 0 Å². The highest BCUT2D eigenvalue weighted by Crippen LogP contribution is 2.31. The minimum atomic E-state index is -0.264. The number of unbranched alkanes of at least 4 members (excludes halogenated alkanes) is 4. The molecule has 0 N–H and O–H groups in total. The Morgan fingerprint density at radius 1 is 1.08 bits per heavy atom. The van der Waals surface area contributed by atoms with Gasteiger partial charge in [-0.25, -0.2) is 0 Å². The molecule has 0 bridgehead atoms. The highest BCUT2D eigenvalue weighted by Gasteiger charge is 2.30. The standard InChI is InChI=1S/C22H32N2O2/c1-3-5-7-11-16-22(26-19-6-4-2)17-14-21(15-18-22)24(25)23-20-12-9-8-10-13-20/h8-10,12-15,17H,3-7,11,16,18-19H2,1-2H3. The molecule has 4 heteroatoms. The molecule has 26 heavy (non-hydrogen) atoms. The average molecular weight is 357 g/mol. The fraction of sp³-hybridized carbons (Fsp3) is 0.545. The lowest BCUT2D eigenvalue weighted by molar-refractivity contribution is -0.468. The van der Waals surface area contributed by atoms with Crippen molar-refractivity contribution in [1.29, 1.82) is 0 Å². The van der Waals surface area contributed by atoms with E-state index < -0.39 is 0 Å². The van der Waals surface area contributed by atoms with Crippen molar-refractivity contribution in [1.82, 2.24) is 0 Å². The van der Waals surface area contributed by atoms with Crippen molar-refractivity contribution >= 4 is 5.69 Å². The van der Waals surface area contributed by atoms with Gasteiger partial charge in [0.05, 0.1) is 5.60 Å². The van der Waals surface area contributed by atoms with E-state index >= 15 is 0 Å². The predicted octanol–water partition coefficient (Wildman–Crippen LogP) is 6.65. The molecule has 0 heterocycles. The maximum absolute atomic E-state index is 12.3. The van der Waals surface area contributed by atoms with Crippen LogP contribution in [0.2, 0.25) is 0 Å². The highest BCUT2D eigenvalue weighted by molar-refractivity contribution is 5.34. The summed E-state index contributed by atoms with van der Waals surface area (Å²) in [5.74, 6) is 0. The highest BCUT2D eigenvalue weighted by atomic mass is 16.5. The molecule has 1 atom stereocenters. The second-order valence-electron chi connectivity index (χ2n) is 6.95. The van der Waals surface area contributed by atoms with E-state index in [2.05, 4.69) is 25.0 Å². The van der Waals surface area contributed by atoms with Gasteiger partial charge in [0.15, 0.2) is 0 Å². The Balaban J connectivity index is 2.02. The maximum atomic E-state index is 12.3. The third-order valence-electron chi connectivity index (χ3n) is 4.74. The fourth-order valence-electron chi connectivity index (χ4n) is 3.09. The van der Waals surface area contributed by atoms with Gasteiger partial charge >= 0.3 is 0 Å². The minimum Gasteiger partial charge on any atom is -0.594 e. The molecule has 1 unspecified atom stereocenters. The molecule has 0 amide bonds. The Labute approximate surface area is 157 Å². The number of hydrogen-bond donors (Lipinski definition) is 0. The lowest BCUT2D eigenvalue weighted by Gasteiger charge is -2.32. The molecule has 0 fully saturated rings. The first kappa shape index (κ1) is 20.4. The van der Waals surface area contributed by atoms with Crippen LogP contribution in [0.5, 0.6) is 0 Å². The summed E-state index contributed by atoms with van der Waals surface area (Å²) in [6.45, 7) is 5.17. The van der Waals surface area contributed by atoms with Gasteiger partial charge in [0.1, 0.15) is 5.69 Å². The molecule has 2 rings (SSSR count). The Bertz CT molecular complexity index is 622. The van der Waals surface area contributed by atoms with Crippen molar-refractivity contribution < 1.29 is 9.60 Å². The van der Waals surface area contributed by atoms with Crippen molar-refractivity contribution in [2.24, 2.45) is 5.11 Å². The summed E-state index contributed by atoms with van der Waals surface area (Å²) in [6.07, 6.45) is 14.7. The van der Waals surface area contributed by atoms with Crippen LogP contribution in [0.25, 0.3) is 0 Å². The number of allylic oxidation sites excluding steroid dienone is 1. The quantitative estimate of drug-likeness (QED) is 0.193. The van der Waals surface area contributed by atoms with Gasteiger partial charge in [-0.2, -0.15) is 0 Å². The van der Waals surface area contributed by atoms with Crippen LogP contribution in [0.1, 0.15) is 65.2 Å². The number of nitrogens with zero attached hydrogens (tertiary/aromatic N) is 2. The molecule has 0 spiro atoms. The first-order valence-corrected chi connectivity index (χ1v) is 9.96. The topological polar surface area (TPSA) is 47.7 Å². The first-order valence-electron chi connectivity index (χ1n) is 9.96. The van der Waals surface area contributed by atoms with Crippen molar-refractivity contribution in [2.75, 3.05) is 6.61 Å². The van der Waals surface area contributed by atoms with E-state index in [-0.39, 0.29) is 5.60 Å². The predicted molar refractivity (Wildman–Crippen MR) is 106 cm³/mol. The molecular formula is C22H32N2O2. The van der Waals surface area contributed by atoms with Crippen molar-refractivity contribution in [3.8, 4) is 0 Å². The maximum Gasteiger partial charge on any atom is 0.240 e. The molecule has 0 saturated heterocycles. The zero-order chi connectivity index (χ0) is 18.7. The molecule has 0 aromatic heterocycles. The molecule has 0 radical (unpaired) electrons. The molecule has 4 nitrogen and oxygen atoms in total. The monoisotopic (exact) mass is 356 g/mol. The summed E-state index contributed by atoms with van der Waals surface area (Å²) in [5.41, 5.74) is 0.976. The average Bonchev–Trinajstić information content (AvgIpc) is 2.67. The summed E-state index contributed by atoms with van der Waals surface area (Å²) < 4.78 is 6.25. The van der Waals surface area contributed by atoms with Crippen LogP contribution >= 0.6 is 0 Å². The van der Waals surface area contributed by atoms with Crippen LogP contribution in [0.15, 0.2) is 59.4 Å². The van der Waals surface area contributed by atoms with Crippen molar-refractivity contribution in [3.63, 3.8) is 0 Å². The number of rotatable bonds is 11. The lowest BCUT2D eigenvalue weighted by atomic mass is 9.88. The van der Waals surface area contributed by atoms with Gasteiger partial charge in [-0.1, -0.05) is 69.0 Å². The summed E-state index contributed by atoms with van der Waals surface area (Å²) in [5, 5.41) is 16.4. The van der Waals surface area contributed by atoms with Crippen LogP contribution in [0, 0.1) is 5.21 Å². The zero-order valence-electron chi connectivity index (χ0n) is 16.2. The SMILES string of the molecule is CCCCCCC1(OCCCC)C=CC([N+]([O-])=Nc2ccccc2)=CC1. The second-order valence-corrected chi connectivity index (χ2v) is 6.95. The largest absolute Gasteiger partial charge is 0.594 e. The van der Waals surface area contributed by atoms with Gasteiger partial charge in [-0.15, -0.1) is 0 Å². The third-order valence-corrected chi connectivity index (χ3v) is 4.74. The molecule has 1 aromatic carbocycles. The zero-order valence-corrected chi connectivity index (χ0v) is 16.2. The Morgan fingerprint density at radius 2 is 1.85 bits per heavy atom. The molecule has 1 aliphatic rings. The minimum absolute atomic E-state index is 0.264. The molecule has 0 aliphatic heterocycles. The normalized spacial score (nSPS) is 20.2. The molecule has 1 aliphatic carbocycles. The van der Waals surface area contributed by atoms with Crippen LogP contribution in [0.4, 0.5) is 5.69 Å². The van der Waals surface area contributed by atoms with Crippen LogP contribution in [-0.4, -0.2) is 17.1 Å². The van der Waals surface area contributed by atoms with Gasteiger partial charge in [0, 0.05) is 24.2 Å². The van der Waals surface area contributed by atoms with E-state index in [9.17, 15) is 5.21 Å². The molecular weight excluding hydrogens is 324 g/mol. The number of ether oxygens (including phenoxy) is 1. The number of hydrogen-bond acceptors (Lipinski definition) is 3. The second kappa shape index (κ2) is 10.9. The molecule has 1 aromatic rings. The smallest absolute Gasteiger partial charge is 0.240 e. The van der Waals surface area contributed by atoms with E-state index in [0.29, 0.717) is 16.2 Å².